The molecule has 18 heavy (non-hydrogen) atoms. The first-order chi connectivity index (χ1) is 8.19. The van der Waals surface area contributed by atoms with E-state index in [2.05, 4.69) is 10.3 Å². The van der Waals surface area contributed by atoms with Gasteiger partial charge >= 0.3 is 12.1 Å². The molecule has 7 heteroatoms. The average molecular weight is 256 g/mol. The topological polar surface area (TPSA) is 102 Å². The third-order valence-corrected chi connectivity index (χ3v) is 1.84. The molecular weight excluding hydrogens is 240 g/mol. The van der Waals surface area contributed by atoms with Gasteiger partial charge in [-0.15, -0.1) is 0 Å². The Morgan fingerprint density at radius 3 is 2.56 bits per heavy atom. The third-order valence-electron chi connectivity index (χ3n) is 1.84. The number of nitrogens with zero attached hydrogens (tertiary/aromatic N) is 1. The fourth-order valence-electron chi connectivity index (χ4n) is 1.13. The molecule has 0 aliphatic rings. The Kier molecular flexibility index (Phi) is 3.95. The van der Waals surface area contributed by atoms with Crippen molar-refractivity contribution in [2.24, 2.45) is 0 Å². The molecule has 7 nitrogen and oxygen atoms in total. The maximum absolute atomic E-state index is 11.5. The van der Waals surface area contributed by atoms with E-state index in [1.165, 1.54) is 0 Å². The average Bonchev–Trinajstić information content (AvgIpc) is 2.62. The molecule has 1 atom stereocenters. The van der Waals surface area contributed by atoms with E-state index in [1.54, 1.807) is 27.7 Å². The number of carbonyl (C=O) groups is 2. The molecule has 1 aromatic rings. The Morgan fingerprint density at radius 1 is 1.50 bits per heavy atom. The smallest absolute Gasteiger partial charge is 0.408 e. The molecule has 0 bridgehead atoms. The number of ether oxygens (including phenoxy) is 1. The van der Waals surface area contributed by atoms with Crippen LogP contribution < -0.4 is 5.32 Å². The molecule has 100 valence electrons. The number of rotatable bonds is 3. The van der Waals surface area contributed by atoms with Crippen LogP contribution in [-0.2, 0) is 4.74 Å². The molecule has 0 saturated heterocycles. The molecule has 2 N–H and O–H groups in total. The molecule has 0 fully saturated rings. The SMILES string of the molecule is C[C@H](NC(=O)OC(C)(C)C)c1nc(C(=O)O)co1. The maximum Gasteiger partial charge on any atom is 0.408 e. The van der Waals surface area contributed by atoms with E-state index in [-0.39, 0.29) is 11.6 Å². The van der Waals surface area contributed by atoms with E-state index in [9.17, 15) is 9.59 Å². The standard InChI is InChI=1S/C11H16N2O5/c1-6(12-10(16)18-11(2,3)4)8-13-7(5-17-8)9(14)15/h5-6H,1-4H3,(H,12,16)(H,14,15)/t6-/m0/s1. The lowest BCUT2D eigenvalue weighted by molar-refractivity contribution is 0.0500. The van der Waals surface area contributed by atoms with Crippen molar-refractivity contribution in [3.05, 3.63) is 17.8 Å². The Bertz CT molecular complexity index is 447. The van der Waals surface area contributed by atoms with Crippen LogP contribution in [0.5, 0.6) is 0 Å². The van der Waals surface area contributed by atoms with Crippen LogP contribution in [0.1, 0.15) is 50.1 Å². The quantitative estimate of drug-likeness (QED) is 0.857. The molecule has 0 unspecified atom stereocenters. The fraction of sp³-hybridized carbons (Fsp3) is 0.545. The van der Waals surface area contributed by atoms with E-state index in [0.717, 1.165) is 6.26 Å². The minimum atomic E-state index is -1.19. The van der Waals surface area contributed by atoms with Gasteiger partial charge in [-0.2, -0.15) is 0 Å². The number of alkyl carbamates (subject to hydrolysis) is 1. The van der Waals surface area contributed by atoms with Crippen LogP contribution >= 0.6 is 0 Å². The molecule has 0 aliphatic carbocycles. The highest BCUT2D eigenvalue weighted by atomic mass is 16.6. The van der Waals surface area contributed by atoms with Crippen LogP contribution in [0.25, 0.3) is 0 Å². The monoisotopic (exact) mass is 256 g/mol. The third kappa shape index (κ3) is 4.08. The molecule has 0 saturated carbocycles. The van der Waals surface area contributed by atoms with Crippen LogP contribution in [0, 0.1) is 0 Å². The highest BCUT2D eigenvalue weighted by Crippen LogP contribution is 2.13. The normalized spacial score (nSPS) is 12.9. The molecule has 1 rings (SSSR count). The van der Waals surface area contributed by atoms with Gasteiger partial charge in [-0.1, -0.05) is 0 Å². The zero-order chi connectivity index (χ0) is 13.9. The number of oxazole rings is 1. The van der Waals surface area contributed by atoms with Crippen molar-refractivity contribution in [2.45, 2.75) is 39.3 Å². The van der Waals surface area contributed by atoms with Gasteiger partial charge in [0.25, 0.3) is 0 Å². The summed E-state index contributed by atoms with van der Waals surface area (Å²) in [5, 5.41) is 11.2. The number of carboxylic acids is 1. The van der Waals surface area contributed by atoms with Crippen molar-refractivity contribution in [2.75, 3.05) is 0 Å². The van der Waals surface area contributed by atoms with E-state index >= 15 is 0 Å². The summed E-state index contributed by atoms with van der Waals surface area (Å²) < 4.78 is 10.0. The van der Waals surface area contributed by atoms with Crippen LogP contribution in [0.2, 0.25) is 0 Å². The summed E-state index contributed by atoms with van der Waals surface area (Å²) in [6, 6.07) is -0.576. The summed E-state index contributed by atoms with van der Waals surface area (Å²) >= 11 is 0. The van der Waals surface area contributed by atoms with Crippen molar-refractivity contribution < 1.29 is 23.8 Å². The van der Waals surface area contributed by atoms with Gasteiger partial charge in [0.2, 0.25) is 5.89 Å². The maximum atomic E-state index is 11.5. The summed E-state index contributed by atoms with van der Waals surface area (Å²) in [4.78, 5) is 25.8. The van der Waals surface area contributed by atoms with E-state index < -0.39 is 23.7 Å². The van der Waals surface area contributed by atoms with E-state index in [0.29, 0.717) is 0 Å². The molecule has 1 amide bonds. The predicted octanol–water partition coefficient (Wildman–Crippen LogP) is 1.96. The van der Waals surface area contributed by atoms with Gasteiger partial charge < -0.3 is 19.6 Å². The van der Waals surface area contributed by atoms with Gasteiger partial charge in [-0.05, 0) is 27.7 Å². The number of amides is 1. The van der Waals surface area contributed by atoms with Crippen molar-refractivity contribution in [1.29, 1.82) is 0 Å². The highest BCUT2D eigenvalue weighted by molar-refractivity contribution is 5.84. The second-order valence-corrected chi connectivity index (χ2v) is 4.74. The van der Waals surface area contributed by atoms with Gasteiger partial charge in [-0.25, -0.2) is 14.6 Å². The number of hydrogen-bond acceptors (Lipinski definition) is 5. The van der Waals surface area contributed by atoms with Crippen molar-refractivity contribution in [1.82, 2.24) is 10.3 Å². The Labute approximate surface area is 104 Å². The summed E-state index contributed by atoms with van der Waals surface area (Å²) in [6.07, 6.45) is 0.398. The summed E-state index contributed by atoms with van der Waals surface area (Å²) in [5.41, 5.74) is -0.810. The Morgan fingerprint density at radius 2 is 2.11 bits per heavy atom. The Hall–Kier alpha value is -2.05. The van der Waals surface area contributed by atoms with E-state index in [1.807, 2.05) is 0 Å². The van der Waals surface area contributed by atoms with Crippen LogP contribution in [0.3, 0.4) is 0 Å². The van der Waals surface area contributed by atoms with E-state index in [4.69, 9.17) is 14.3 Å². The number of aromatic nitrogens is 1. The van der Waals surface area contributed by atoms with Crippen LogP contribution in [-0.4, -0.2) is 27.8 Å². The number of carbonyl (C=O) groups excluding carboxylic acids is 1. The van der Waals surface area contributed by atoms with Gasteiger partial charge in [0.05, 0.1) is 0 Å². The van der Waals surface area contributed by atoms with Crippen LogP contribution in [0.4, 0.5) is 4.79 Å². The van der Waals surface area contributed by atoms with Gasteiger partial charge in [0.1, 0.15) is 17.9 Å². The summed E-state index contributed by atoms with van der Waals surface area (Å²) in [5.74, 6) is -1.08. The molecule has 0 spiro atoms. The second kappa shape index (κ2) is 5.07. The number of hydrogen-bond donors (Lipinski definition) is 2. The number of carboxylic acid groups (broad SMARTS) is 1. The zero-order valence-electron chi connectivity index (χ0n) is 10.7. The fourth-order valence-corrected chi connectivity index (χ4v) is 1.13. The van der Waals surface area contributed by atoms with Crippen molar-refractivity contribution >= 4 is 12.1 Å². The summed E-state index contributed by atoms with van der Waals surface area (Å²) in [6.45, 7) is 6.84. The lowest BCUT2D eigenvalue weighted by Crippen LogP contribution is -2.34. The lowest BCUT2D eigenvalue weighted by Gasteiger charge is -2.20. The first kappa shape index (κ1) is 14.0. The minimum Gasteiger partial charge on any atom is -0.476 e. The largest absolute Gasteiger partial charge is 0.476 e. The second-order valence-electron chi connectivity index (χ2n) is 4.74. The zero-order valence-corrected chi connectivity index (χ0v) is 10.7. The van der Waals surface area contributed by atoms with Gasteiger partial charge in [0, 0.05) is 0 Å². The number of aromatic carboxylic acids is 1. The predicted molar refractivity (Wildman–Crippen MR) is 61.2 cm³/mol. The molecule has 0 radical (unpaired) electrons. The summed E-state index contributed by atoms with van der Waals surface area (Å²) in [7, 11) is 0. The molecule has 1 aromatic heterocycles. The minimum absolute atomic E-state index is 0.109. The highest BCUT2D eigenvalue weighted by Gasteiger charge is 2.21. The number of nitrogens with one attached hydrogen (secondary N) is 1. The molecule has 0 aromatic carbocycles. The first-order valence-corrected chi connectivity index (χ1v) is 5.37. The lowest BCUT2D eigenvalue weighted by atomic mass is 10.2. The van der Waals surface area contributed by atoms with Crippen molar-refractivity contribution in [3.8, 4) is 0 Å². The molecule has 1 heterocycles. The van der Waals surface area contributed by atoms with Crippen LogP contribution in [0.15, 0.2) is 10.7 Å². The first-order valence-electron chi connectivity index (χ1n) is 5.37. The molecule has 0 aliphatic heterocycles. The van der Waals surface area contributed by atoms with Gasteiger partial charge in [0.15, 0.2) is 5.69 Å². The van der Waals surface area contributed by atoms with Crippen molar-refractivity contribution in [3.63, 3.8) is 0 Å². The molecular formula is C11H16N2O5. The van der Waals surface area contributed by atoms with Gasteiger partial charge in [-0.3, -0.25) is 0 Å². The Balaban J connectivity index is 2.62.